The van der Waals surface area contributed by atoms with Crippen LogP contribution in [0.4, 0.5) is 5.69 Å². The Kier molecular flexibility index (Phi) is 8.02. The molecule has 0 radical (unpaired) electrons. The lowest BCUT2D eigenvalue weighted by molar-refractivity contribution is -0.118. The molecule has 2 rings (SSSR count). The van der Waals surface area contributed by atoms with Crippen molar-refractivity contribution in [1.82, 2.24) is 5.32 Å². The second kappa shape index (κ2) is 10.5. The number of anilines is 1. The maximum Gasteiger partial charge on any atom is 0.234 e. The van der Waals surface area contributed by atoms with Crippen LogP contribution < -0.4 is 15.4 Å². The van der Waals surface area contributed by atoms with Crippen molar-refractivity contribution in [1.29, 1.82) is 0 Å². The topological polar surface area (TPSA) is 67.4 Å². The predicted octanol–water partition coefficient (Wildman–Crippen LogP) is 3.17. The van der Waals surface area contributed by atoms with Crippen molar-refractivity contribution in [3.63, 3.8) is 0 Å². The van der Waals surface area contributed by atoms with Crippen molar-refractivity contribution in [3.05, 3.63) is 59.7 Å². The van der Waals surface area contributed by atoms with E-state index in [-0.39, 0.29) is 23.3 Å². The van der Waals surface area contributed by atoms with E-state index in [1.807, 2.05) is 62.4 Å². The van der Waals surface area contributed by atoms with Crippen LogP contribution in [-0.2, 0) is 9.59 Å². The van der Waals surface area contributed by atoms with Crippen LogP contribution in [0, 0.1) is 13.8 Å². The molecular formula is C20H24N2O3S. The third kappa shape index (κ3) is 7.61. The smallest absolute Gasteiger partial charge is 0.234 e. The molecule has 0 aliphatic carbocycles. The van der Waals surface area contributed by atoms with Gasteiger partial charge in [-0.3, -0.25) is 9.59 Å². The number of thioether (sulfide) groups is 1. The van der Waals surface area contributed by atoms with Gasteiger partial charge >= 0.3 is 0 Å². The van der Waals surface area contributed by atoms with Crippen LogP contribution in [0.5, 0.6) is 5.75 Å². The predicted molar refractivity (Wildman–Crippen MR) is 107 cm³/mol. The molecule has 0 atom stereocenters. The van der Waals surface area contributed by atoms with Gasteiger partial charge in [0, 0.05) is 5.69 Å². The number of hydrogen-bond donors (Lipinski definition) is 2. The highest BCUT2D eigenvalue weighted by Crippen LogP contribution is 2.12. The lowest BCUT2D eigenvalue weighted by Gasteiger charge is -2.08. The summed E-state index contributed by atoms with van der Waals surface area (Å²) in [6, 6.07) is 15.4. The number of aryl methyl sites for hydroxylation is 2. The fourth-order valence-corrected chi connectivity index (χ4v) is 2.92. The number of nitrogens with one attached hydrogen (secondary N) is 2. The molecule has 0 bridgehead atoms. The Bertz CT molecular complexity index is 749. The van der Waals surface area contributed by atoms with E-state index in [1.165, 1.54) is 11.8 Å². The van der Waals surface area contributed by atoms with Gasteiger partial charge in [0.2, 0.25) is 11.8 Å². The van der Waals surface area contributed by atoms with Gasteiger partial charge in [-0.2, -0.15) is 0 Å². The molecule has 5 nitrogen and oxygen atoms in total. The molecule has 6 heteroatoms. The molecule has 0 aromatic heterocycles. The lowest BCUT2D eigenvalue weighted by Crippen LogP contribution is -2.30. The Morgan fingerprint density at radius 1 is 0.962 bits per heavy atom. The quantitative estimate of drug-likeness (QED) is 0.664. The number of ether oxygens (including phenoxy) is 1. The Morgan fingerprint density at radius 2 is 1.65 bits per heavy atom. The Hall–Kier alpha value is -2.47. The van der Waals surface area contributed by atoms with Crippen molar-refractivity contribution in [2.24, 2.45) is 0 Å². The largest absolute Gasteiger partial charge is 0.492 e. The first kappa shape index (κ1) is 19.8. The zero-order valence-corrected chi connectivity index (χ0v) is 15.9. The van der Waals surface area contributed by atoms with Crippen LogP contribution in [0.15, 0.2) is 48.5 Å². The molecule has 0 saturated carbocycles. The minimum absolute atomic E-state index is 0.105. The summed E-state index contributed by atoms with van der Waals surface area (Å²) in [7, 11) is 0. The van der Waals surface area contributed by atoms with Gasteiger partial charge < -0.3 is 15.4 Å². The van der Waals surface area contributed by atoms with Gasteiger partial charge in [-0.1, -0.05) is 24.3 Å². The molecule has 2 N–H and O–H groups in total. The number of rotatable bonds is 9. The third-order valence-electron chi connectivity index (χ3n) is 3.45. The van der Waals surface area contributed by atoms with E-state index in [0.29, 0.717) is 13.2 Å². The molecule has 138 valence electrons. The van der Waals surface area contributed by atoms with Gasteiger partial charge in [-0.05, 0) is 49.2 Å². The zero-order chi connectivity index (χ0) is 18.8. The number of carbonyl (C=O) groups excluding carboxylic acids is 2. The van der Waals surface area contributed by atoms with Gasteiger partial charge in [0.1, 0.15) is 12.4 Å². The molecule has 0 heterocycles. The molecule has 0 unspecified atom stereocenters. The van der Waals surface area contributed by atoms with Crippen LogP contribution in [0.2, 0.25) is 0 Å². The monoisotopic (exact) mass is 372 g/mol. The van der Waals surface area contributed by atoms with Crippen molar-refractivity contribution in [2.75, 3.05) is 30.0 Å². The lowest BCUT2D eigenvalue weighted by atomic mass is 10.2. The van der Waals surface area contributed by atoms with E-state index in [2.05, 4.69) is 10.6 Å². The normalized spacial score (nSPS) is 10.2. The van der Waals surface area contributed by atoms with Crippen LogP contribution >= 0.6 is 11.8 Å². The summed E-state index contributed by atoms with van der Waals surface area (Å²) in [5, 5.41) is 5.60. The van der Waals surface area contributed by atoms with Crippen molar-refractivity contribution < 1.29 is 14.3 Å². The summed E-state index contributed by atoms with van der Waals surface area (Å²) >= 11 is 1.28. The van der Waals surface area contributed by atoms with Gasteiger partial charge in [-0.25, -0.2) is 0 Å². The fraction of sp³-hybridized carbons (Fsp3) is 0.300. The highest BCUT2D eigenvalue weighted by atomic mass is 32.2. The first-order valence-corrected chi connectivity index (χ1v) is 9.59. The Balaban J connectivity index is 1.56. The van der Waals surface area contributed by atoms with E-state index >= 15 is 0 Å². The molecule has 2 amide bonds. The zero-order valence-electron chi connectivity index (χ0n) is 15.1. The highest BCUT2D eigenvalue weighted by Gasteiger charge is 2.06. The molecule has 0 saturated heterocycles. The number of hydrogen-bond acceptors (Lipinski definition) is 4. The van der Waals surface area contributed by atoms with Gasteiger partial charge in [0.15, 0.2) is 0 Å². The minimum Gasteiger partial charge on any atom is -0.492 e. The maximum absolute atomic E-state index is 11.9. The number of benzene rings is 2. The van der Waals surface area contributed by atoms with Crippen molar-refractivity contribution in [3.8, 4) is 5.75 Å². The fourth-order valence-electron chi connectivity index (χ4n) is 2.27. The van der Waals surface area contributed by atoms with Crippen LogP contribution in [-0.4, -0.2) is 36.5 Å². The van der Waals surface area contributed by atoms with E-state index in [4.69, 9.17) is 4.74 Å². The summed E-state index contributed by atoms with van der Waals surface area (Å²) in [5.41, 5.74) is 2.99. The summed E-state index contributed by atoms with van der Waals surface area (Å²) in [4.78, 5) is 23.6. The molecule has 0 fully saturated rings. The van der Waals surface area contributed by atoms with Gasteiger partial charge in [0.25, 0.3) is 0 Å². The standard InChI is InChI=1S/C20H24N2O3S/c1-15-5-3-7-17(11-15)22-20(24)14-26-13-19(23)21-9-10-25-18-8-4-6-16(2)12-18/h3-8,11-12H,9-10,13-14H2,1-2H3,(H,21,23)(H,22,24). The third-order valence-corrected chi connectivity index (χ3v) is 4.38. The van der Waals surface area contributed by atoms with Gasteiger partial charge in [0.05, 0.1) is 18.1 Å². The SMILES string of the molecule is Cc1cccc(NC(=O)CSCC(=O)NCCOc2cccc(C)c2)c1. The average Bonchev–Trinajstić information content (AvgIpc) is 2.59. The highest BCUT2D eigenvalue weighted by molar-refractivity contribution is 8.00. The summed E-state index contributed by atoms with van der Waals surface area (Å²) in [6.45, 7) is 4.81. The van der Waals surface area contributed by atoms with E-state index < -0.39 is 0 Å². The Morgan fingerprint density at radius 3 is 2.38 bits per heavy atom. The molecule has 2 aromatic rings. The molecule has 2 aromatic carbocycles. The first-order chi connectivity index (χ1) is 12.5. The van der Waals surface area contributed by atoms with Crippen molar-refractivity contribution in [2.45, 2.75) is 13.8 Å². The van der Waals surface area contributed by atoms with Crippen molar-refractivity contribution >= 4 is 29.3 Å². The van der Waals surface area contributed by atoms with E-state index in [0.717, 1.165) is 22.6 Å². The summed E-state index contributed by atoms with van der Waals surface area (Å²) in [5.74, 6) is 1.05. The number of amides is 2. The molecule has 0 aliphatic rings. The summed E-state index contributed by atoms with van der Waals surface area (Å²) in [6.07, 6.45) is 0. The maximum atomic E-state index is 11.9. The molecule has 0 aliphatic heterocycles. The minimum atomic E-state index is -0.115. The van der Waals surface area contributed by atoms with Crippen LogP contribution in [0.3, 0.4) is 0 Å². The molecule has 0 spiro atoms. The van der Waals surface area contributed by atoms with E-state index in [1.54, 1.807) is 0 Å². The Labute approximate surface area is 158 Å². The average molecular weight is 372 g/mol. The number of carbonyl (C=O) groups is 2. The second-order valence-corrected chi connectivity index (χ2v) is 6.91. The first-order valence-electron chi connectivity index (χ1n) is 8.43. The van der Waals surface area contributed by atoms with Crippen LogP contribution in [0.25, 0.3) is 0 Å². The van der Waals surface area contributed by atoms with Gasteiger partial charge in [-0.15, -0.1) is 11.8 Å². The summed E-state index contributed by atoms with van der Waals surface area (Å²) < 4.78 is 5.57. The second-order valence-electron chi connectivity index (χ2n) is 5.93. The molecule has 26 heavy (non-hydrogen) atoms. The van der Waals surface area contributed by atoms with E-state index in [9.17, 15) is 9.59 Å². The van der Waals surface area contributed by atoms with Crippen LogP contribution in [0.1, 0.15) is 11.1 Å². The molecular weight excluding hydrogens is 348 g/mol.